The van der Waals surface area contributed by atoms with Gasteiger partial charge in [0.15, 0.2) is 0 Å². The zero-order valence-electron chi connectivity index (χ0n) is 17.8. The van der Waals surface area contributed by atoms with E-state index in [4.69, 9.17) is 12.9 Å². The third kappa shape index (κ3) is 3.05. The molecule has 0 amide bonds. The Morgan fingerprint density at radius 2 is 1.06 bits per heavy atom. The minimum absolute atomic E-state index is 0.774. The summed E-state index contributed by atoms with van der Waals surface area (Å²) in [6, 6.07) is 31.1. The lowest BCUT2D eigenvalue weighted by atomic mass is 9.99. The van der Waals surface area contributed by atoms with Crippen molar-refractivity contribution >= 4 is 51.7 Å². The lowest BCUT2D eigenvalue weighted by Crippen LogP contribution is -1.87. The van der Waals surface area contributed by atoms with Gasteiger partial charge in [0.25, 0.3) is 0 Å². The summed E-state index contributed by atoms with van der Waals surface area (Å²) >= 11 is 0. The van der Waals surface area contributed by atoms with Crippen molar-refractivity contribution in [1.82, 2.24) is 0 Å². The molecule has 0 saturated carbocycles. The molecule has 0 spiro atoms. The number of rotatable bonds is 2. The summed E-state index contributed by atoms with van der Waals surface area (Å²) in [6.45, 7) is 4.08. The smallest absolute Gasteiger partial charge is 0.390 e. The molecule has 32 heavy (non-hydrogen) atoms. The van der Waals surface area contributed by atoms with E-state index in [2.05, 4.69) is 60.7 Å². The highest BCUT2D eigenvalue weighted by Gasteiger charge is 2.15. The van der Waals surface area contributed by atoms with Crippen molar-refractivity contribution in [3.63, 3.8) is 0 Å². The van der Waals surface area contributed by atoms with E-state index in [0.717, 1.165) is 60.4 Å². The molecule has 6 aromatic rings. The van der Waals surface area contributed by atoms with Crippen molar-refractivity contribution in [3.05, 3.63) is 102 Å². The van der Waals surface area contributed by atoms with E-state index in [0.29, 0.717) is 0 Å². The van der Waals surface area contributed by atoms with E-state index in [9.17, 15) is 0 Å². The Morgan fingerprint density at radius 1 is 0.562 bits per heavy atom. The molecule has 0 unspecified atom stereocenters. The molecule has 0 aliphatic rings. The monoisotopic (exact) mass is 436 g/mol. The van der Waals surface area contributed by atoms with Crippen molar-refractivity contribution in [2.24, 2.45) is 0 Å². The molecule has 5 aromatic carbocycles. The highest BCUT2D eigenvalue weighted by Crippen LogP contribution is 2.42. The minimum Gasteiger partial charge on any atom is -0.390 e. The second-order valence-electron chi connectivity index (χ2n) is 8.04. The van der Waals surface area contributed by atoms with Gasteiger partial charge in [0.1, 0.15) is 16.9 Å². The highest BCUT2D eigenvalue weighted by atomic mass is 31.1. The highest BCUT2D eigenvalue weighted by molar-refractivity contribution is 7.32. The first-order chi connectivity index (χ1) is 15.7. The van der Waals surface area contributed by atoms with Crippen molar-refractivity contribution in [3.8, 4) is 5.75 Å². The van der Waals surface area contributed by atoms with Crippen LogP contribution in [-0.4, -0.2) is 0 Å². The van der Waals surface area contributed by atoms with Crippen LogP contribution in [0.4, 0.5) is 0 Å². The Balaban J connectivity index is 1.78. The fourth-order valence-corrected chi connectivity index (χ4v) is 5.58. The van der Waals surface area contributed by atoms with E-state index < -0.39 is 8.24 Å². The third-order valence-electron chi connectivity index (χ3n) is 5.95. The largest absolute Gasteiger partial charge is 0.453 e. The zero-order chi connectivity index (χ0) is 21.7. The fourth-order valence-electron chi connectivity index (χ4n) is 4.41. The second kappa shape index (κ2) is 7.47. The van der Waals surface area contributed by atoms with E-state index in [1.165, 1.54) is 0 Å². The number of hydrogen-bond acceptors (Lipinski definition) is 3. The van der Waals surface area contributed by atoms with Gasteiger partial charge in [-0.3, -0.25) is 0 Å². The van der Waals surface area contributed by atoms with Gasteiger partial charge in [-0.05, 0) is 58.7 Å². The van der Waals surface area contributed by atoms with Crippen LogP contribution >= 0.6 is 8.24 Å². The van der Waals surface area contributed by atoms with Crippen LogP contribution in [0, 0.1) is 13.8 Å². The van der Waals surface area contributed by atoms with Gasteiger partial charge in [0, 0.05) is 10.8 Å². The van der Waals surface area contributed by atoms with Gasteiger partial charge in [-0.25, -0.2) is 0 Å². The average molecular weight is 436 g/mol. The quantitative estimate of drug-likeness (QED) is 0.272. The van der Waals surface area contributed by atoms with E-state index in [1.807, 2.05) is 44.2 Å². The normalized spacial score (nSPS) is 11.4. The average Bonchev–Trinajstić information content (AvgIpc) is 2.98. The van der Waals surface area contributed by atoms with Crippen molar-refractivity contribution < 1.29 is 12.9 Å². The topological polar surface area (TPSA) is 35.5 Å². The number of benzene rings is 5. The molecule has 0 saturated heterocycles. The van der Waals surface area contributed by atoms with Crippen LogP contribution in [0.5, 0.6) is 5.75 Å². The van der Waals surface area contributed by atoms with Crippen LogP contribution in [0.2, 0.25) is 0 Å². The predicted octanol–water partition coefficient (Wildman–Crippen LogP) is 9.06. The standard InChI is InChI=1S/C28H21O3P/c1-18-8-7-9-19(2)28(18)31-32-29-24-16-14-20-10-3-5-12-22(20)26(24)27-23-13-6-4-11-21(23)15-17-25(27)30-32/h3-17H,1-2H3. The first-order valence-corrected chi connectivity index (χ1v) is 11.7. The predicted molar refractivity (Wildman–Crippen MR) is 133 cm³/mol. The van der Waals surface area contributed by atoms with Crippen LogP contribution in [0.15, 0.2) is 99.4 Å². The molecule has 0 aliphatic heterocycles. The molecule has 0 N–H and O–H groups in total. The molecule has 0 bridgehead atoms. The summed E-state index contributed by atoms with van der Waals surface area (Å²) in [5.41, 5.74) is 3.66. The van der Waals surface area contributed by atoms with Crippen LogP contribution in [0.1, 0.15) is 11.1 Å². The molecule has 3 nitrogen and oxygen atoms in total. The molecule has 1 aromatic heterocycles. The molecule has 0 aliphatic carbocycles. The maximum atomic E-state index is 6.43. The lowest BCUT2D eigenvalue weighted by molar-refractivity contribution is 0.493. The Bertz CT molecular complexity index is 1560. The first-order valence-electron chi connectivity index (χ1n) is 10.6. The summed E-state index contributed by atoms with van der Waals surface area (Å²) < 4.78 is 19.2. The van der Waals surface area contributed by atoms with E-state index in [1.54, 1.807) is 0 Å². The summed E-state index contributed by atoms with van der Waals surface area (Å²) in [5.74, 6) is 0.810. The summed E-state index contributed by atoms with van der Waals surface area (Å²) in [6.07, 6.45) is 0. The maximum absolute atomic E-state index is 6.43. The van der Waals surface area contributed by atoms with Gasteiger partial charge in [-0.2, -0.15) is 0 Å². The number of fused-ring (bicyclic) bond motifs is 7. The van der Waals surface area contributed by atoms with Crippen LogP contribution in [-0.2, 0) is 0 Å². The molecule has 1 heterocycles. The molecule has 156 valence electrons. The van der Waals surface area contributed by atoms with Gasteiger partial charge in [-0.1, -0.05) is 78.9 Å². The fraction of sp³-hybridized carbons (Fsp3) is 0.0714. The molecular formula is C28H21O3P. The van der Waals surface area contributed by atoms with Gasteiger partial charge in [0.2, 0.25) is 0 Å². The molecule has 0 fully saturated rings. The van der Waals surface area contributed by atoms with Crippen LogP contribution in [0.3, 0.4) is 0 Å². The summed E-state index contributed by atoms with van der Waals surface area (Å²) in [5, 5.41) is 6.69. The first kappa shape index (κ1) is 19.0. The molecule has 0 radical (unpaired) electrons. The summed E-state index contributed by atoms with van der Waals surface area (Å²) in [4.78, 5) is 0. The van der Waals surface area contributed by atoms with E-state index >= 15 is 0 Å². The van der Waals surface area contributed by atoms with E-state index in [-0.39, 0.29) is 0 Å². The molecule has 6 rings (SSSR count). The van der Waals surface area contributed by atoms with Crippen molar-refractivity contribution in [2.45, 2.75) is 13.8 Å². The zero-order valence-corrected chi connectivity index (χ0v) is 18.7. The van der Waals surface area contributed by atoms with Crippen molar-refractivity contribution in [1.29, 1.82) is 0 Å². The third-order valence-corrected chi connectivity index (χ3v) is 6.98. The lowest BCUT2D eigenvalue weighted by Gasteiger charge is -2.08. The molecular weight excluding hydrogens is 415 g/mol. The van der Waals surface area contributed by atoms with Gasteiger partial charge in [0.05, 0.1) is 0 Å². The molecule has 4 heteroatoms. The minimum atomic E-state index is -1.69. The van der Waals surface area contributed by atoms with Crippen LogP contribution in [0.25, 0.3) is 43.5 Å². The van der Waals surface area contributed by atoms with Gasteiger partial charge >= 0.3 is 8.24 Å². The SMILES string of the molecule is Cc1cccc(C)c1Op1oc2ccc3ccccc3c2c2c(ccc3ccccc32)o1. The van der Waals surface area contributed by atoms with Gasteiger partial charge < -0.3 is 12.9 Å². The number of aryl methyl sites for hydroxylation is 2. The van der Waals surface area contributed by atoms with Crippen LogP contribution < -0.4 is 4.52 Å². The summed E-state index contributed by atoms with van der Waals surface area (Å²) in [7, 11) is -1.69. The number of hydrogen-bond donors (Lipinski definition) is 0. The Kier molecular flexibility index (Phi) is 4.45. The number of para-hydroxylation sites is 1. The maximum Gasteiger partial charge on any atom is 0.453 e. The Morgan fingerprint density at radius 3 is 1.59 bits per heavy atom. The Labute approximate surface area is 186 Å². The van der Waals surface area contributed by atoms with Crippen molar-refractivity contribution in [2.75, 3.05) is 0 Å². The Hall–Kier alpha value is -3.68. The molecule has 0 atom stereocenters. The van der Waals surface area contributed by atoms with Gasteiger partial charge in [-0.15, -0.1) is 0 Å². The second-order valence-corrected chi connectivity index (χ2v) is 9.03.